The highest BCUT2D eigenvalue weighted by Gasteiger charge is 2.47. The van der Waals surface area contributed by atoms with Crippen molar-refractivity contribution in [1.82, 2.24) is 0 Å². The van der Waals surface area contributed by atoms with Gasteiger partial charge in [0.05, 0.1) is 19.3 Å². The van der Waals surface area contributed by atoms with E-state index in [9.17, 15) is 24.0 Å². The summed E-state index contributed by atoms with van der Waals surface area (Å²) in [5, 5.41) is -1.37. The third-order valence-electron chi connectivity index (χ3n) is 17.3. The maximum atomic E-state index is 15.1. The molecule has 0 aromatic heterocycles. The van der Waals surface area contributed by atoms with Crippen molar-refractivity contribution in [1.29, 1.82) is 0 Å². The molecule has 0 aliphatic heterocycles. The molecule has 4 saturated carbocycles. The van der Waals surface area contributed by atoms with Gasteiger partial charge in [0.25, 0.3) is 0 Å². The fourth-order valence-electron chi connectivity index (χ4n) is 12.8. The first-order valence-electron chi connectivity index (χ1n) is 30.1. The van der Waals surface area contributed by atoms with Crippen LogP contribution in [0.15, 0.2) is 121 Å². The molecule has 0 saturated heterocycles. The van der Waals surface area contributed by atoms with Gasteiger partial charge in [-0.3, -0.25) is 19.2 Å². The smallest absolute Gasteiger partial charge is 0.454 e. The Morgan fingerprint density at radius 3 is 1.04 bits per heavy atom. The predicted molar refractivity (Wildman–Crippen MR) is 315 cm³/mol. The molecule has 83 heavy (non-hydrogen) atoms. The van der Waals surface area contributed by atoms with Gasteiger partial charge in [-0.25, -0.2) is 9.59 Å². The van der Waals surface area contributed by atoms with Crippen LogP contribution in [0.2, 0.25) is 6.04 Å². The van der Waals surface area contributed by atoms with E-state index in [-0.39, 0.29) is 5.75 Å². The van der Waals surface area contributed by atoms with E-state index in [1.165, 1.54) is 21.3 Å². The van der Waals surface area contributed by atoms with Crippen molar-refractivity contribution in [2.24, 2.45) is 0 Å². The Hall–Kier alpha value is -5.85. The number of benzene rings is 4. The van der Waals surface area contributed by atoms with E-state index in [1.54, 1.807) is 0 Å². The molecule has 0 bridgehead atoms. The average Bonchev–Trinajstić information content (AvgIpc) is 3.68. The Morgan fingerprint density at radius 1 is 0.398 bits per heavy atom. The van der Waals surface area contributed by atoms with Crippen molar-refractivity contribution in [2.45, 2.75) is 200 Å². The van der Waals surface area contributed by atoms with E-state index in [0.29, 0.717) is 63.8 Å². The minimum absolute atomic E-state index is 0.241. The molecule has 0 spiro atoms. The van der Waals surface area contributed by atoms with Crippen LogP contribution in [0.5, 0.6) is 0 Å². The van der Waals surface area contributed by atoms with E-state index >= 15 is 4.79 Å². The summed E-state index contributed by atoms with van der Waals surface area (Å²) in [6.07, 6.45) is 9.47. The lowest BCUT2D eigenvalue weighted by Gasteiger charge is -2.39. The summed E-state index contributed by atoms with van der Waals surface area (Å²) >= 11 is 1.06. The molecule has 17 heteroatoms. The molecular weight excluding hydrogens is 1090 g/mol. The zero-order chi connectivity index (χ0) is 58.6. The molecule has 4 fully saturated rings. The van der Waals surface area contributed by atoms with Gasteiger partial charge in [0.1, 0.15) is 27.7 Å². The van der Waals surface area contributed by atoms with E-state index in [1.807, 2.05) is 121 Å². The van der Waals surface area contributed by atoms with Gasteiger partial charge in [-0.2, -0.15) is 0 Å². The van der Waals surface area contributed by atoms with Crippen LogP contribution in [0.4, 0.5) is 0 Å². The van der Waals surface area contributed by atoms with Crippen molar-refractivity contribution in [3.05, 3.63) is 144 Å². The zero-order valence-corrected chi connectivity index (χ0v) is 50.5. The van der Waals surface area contributed by atoms with Crippen LogP contribution in [-0.4, -0.2) is 89.2 Å². The van der Waals surface area contributed by atoms with Gasteiger partial charge in [-0.1, -0.05) is 147 Å². The van der Waals surface area contributed by atoms with Gasteiger partial charge in [0.15, 0.2) is 0 Å². The summed E-state index contributed by atoms with van der Waals surface area (Å²) in [7, 11) is 1.42. The summed E-state index contributed by atoms with van der Waals surface area (Å²) in [5.74, 6) is -5.14. The number of ether oxygens (including phenoxy) is 6. The Balaban J connectivity index is 1.09. The van der Waals surface area contributed by atoms with Gasteiger partial charge in [-0.15, -0.1) is 11.8 Å². The molecule has 0 amide bonds. The highest BCUT2D eigenvalue weighted by molar-refractivity contribution is 8.00. The molecule has 3 unspecified atom stereocenters. The molecular formula is C66H84O15SSi. The summed E-state index contributed by atoms with van der Waals surface area (Å²) in [5.41, 5.74) is -0.777. The summed E-state index contributed by atoms with van der Waals surface area (Å²) < 4.78 is 55.1. The van der Waals surface area contributed by atoms with Crippen LogP contribution in [0.3, 0.4) is 0 Å². The first-order valence-corrected chi connectivity index (χ1v) is 33.1. The molecule has 4 aromatic rings. The fraction of sp³-hybridized carbons (Fsp3) is 0.545. The summed E-state index contributed by atoms with van der Waals surface area (Å²) in [4.78, 5) is 88.5. The lowest BCUT2D eigenvalue weighted by Crippen LogP contribution is -2.43. The van der Waals surface area contributed by atoms with Crippen LogP contribution < -0.4 is 0 Å². The number of thioether (sulfide) groups is 1. The summed E-state index contributed by atoms with van der Waals surface area (Å²) in [6.45, 7) is 0. The van der Waals surface area contributed by atoms with E-state index in [4.69, 9.17) is 41.7 Å². The fourth-order valence-corrected chi connectivity index (χ4v) is 15.8. The first kappa shape index (κ1) is 63.2. The molecule has 0 radical (unpaired) electrons. The van der Waals surface area contributed by atoms with Gasteiger partial charge in [-0.05, 0) is 137 Å². The highest BCUT2D eigenvalue weighted by Crippen LogP contribution is 2.45. The van der Waals surface area contributed by atoms with Gasteiger partial charge < -0.3 is 41.7 Å². The van der Waals surface area contributed by atoms with E-state index in [0.717, 1.165) is 111 Å². The molecule has 8 rings (SSSR count). The van der Waals surface area contributed by atoms with Crippen molar-refractivity contribution >= 4 is 56.4 Å². The highest BCUT2D eigenvalue weighted by atomic mass is 32.2. The van der Waals surface area contributed by atoms with Crippen LogP contribution in [0, 0.1) is 0 Å². The van der Waals surface area contributed by atoms with E-state index < -0.39 is 104 Å². The van der Waals surface area contributed by atoms with Crippen LogP contribution in [0.1, 0.15) is 176 Å². The topological polar surface area (TPSA) is 185 Å². The second-order valence-electron chi connectivity index (χ2n) is 22.7. The number of rotatable bonds is 27. The largest absolute Gasteiger partial charge is 0.500 e. The van der Waals surface area contributed by atoms with Crippen molar-refractivity contribution in [3.8, 4) is 0 Å². The Bertz CT molecular complexity index is 2690. The molecule has 448 valence electrons. The lowest BCUT2D eigenvalue weighted by molar-refractivity contribution is -0.190. The van der Waals surface area contributed by atoms with Gasteiger partial charge in [0, 0.05) is 27.4 Å². The molecule has 4 aliphatic rings. The van der Waals surface area contributed by atoms with Crippen LogP contribution in [0.25, 0.3) is 0 Å². The van der Waals surface area contributed by atoms with Crippen LogP contribution >= 0.6 is 11.8 Å². The first-order chi connectivity index (χ1) is 40.3. The second kappa shape index (κ2) is 30.3. The average molecular weight is 1180 g/mol. The standard InChI is InChI=1S/C66H84O15SSi/c1-73-83(74-2,75-3)46-28-45-82-56(62(72)77-55(61(71)81-66(43-26-11-27-44-66)53-35-18-7-19-36-53)48-59(69)79-64(39-22-9-23-40-64)51-31-14-5-15-32-51)49-57(67)76-54(60(70)80-65(41-24-10-25-42-65)52-33-16-6-17-34-52)47-58(68)78-63(37-20-8-21-38-63)50-29-12-4-13-30-50/h4-7,12-19,29-36,54-56H,8-11,20-28,37-49H2,1-3H3. The number of carbonyl (C=O) groups excluding carboxylic acids is 6. The lowest BCUT2D eigenvalue weighted by atomic mass is 9.79. The molecule has 0 N–H and O–H groups in total. The summed E-state index contributed by atoms with van der Waals surface area (Å²) in [6, 6.07) is 38.3. The maximum absolute atomic E-state index is 15.1. The SMILES string of the molecule is CO[Si](CCCSC(CC(=O)OC(CC(=O)OC1(c2ccccc2)CCCCC1)C(=O)OC1(c2ccccc2)CCCCC1)C(=O)OC(CC(=O)OC1(c2ccccc2)CCCCC1)C(=O)OC1(c2ccccc2)CCCCC1)(OC)OC. The zero-order valence-electron chi connectivity index (χ0n) is 48.7. The Labute approximate surface area is 495 Å². The van der Waals surface area contributed by atoms with Crippen molar-refractivity contribution in [3.63, 3.8) is 0 Å². The van der Waals surface area contributed by atoms with E-state index in [2.05, 4.69) is 0 Å². The Morgan fingerprint density at radius 2 is 0.711 bits per heavy atom. The molecule has 15 nitrogen and oxygen atoms in total. The molecule has 0 heterocycles. The minimum atomic E-state index is -3.09. The van der Waals surface area contributed by atoms with Crippen molar-refractivity contribution in [2.75, 3.05) is 27.1 Å². The number of hydrogen-bond donors (Lipinski definition) is 0. The molecule has 3 atom stereocenters. The minimum Gasteiger partial charge on any atom is -0.454 e. The maximum Gasteiger partial charge on any atom is 0.500 e. The number of hydrogen-bond acceptors (Lipinski definition) is 16. The predicted octanol–water partition coefficient (Wildman–Crippen LogP) is 13.0. The third kappa shape index (κ3) is 16.5. The second-order valence-corrected chi connectivity index (χ2v) is 27.2. The molecule has 4 aromatic carbocycles. The number of carbonyl (C=O) groups is 6. The van der Waals surface area contributed by atoms with Gasteiger partial charge >= 0.3 is 44.6 Å². The van der Waals surface area contributed by atoms with Crippen molar-refractivity contribution < 1.29 is 70.5 Å². The quantitative estimate of drug-likeness (QED) is 0.0237. The molecule has 4 aliphatic carbocycles. The van der Waals surface area contributed by atoms with Crippen LogP contribution in [-0.2, 0) is 92.9 Å². The Kier molecular flexibility index (Phi) is 23.1. The number of esters is 6. The monoisotopic (exact) mass is 1180 g/mol. The van der Waals surface area contributed by atoms with Gasteiger partial charge in [0.2, 0.25) is 12.2 Å². The third-order valence-corrected chi connectivity index (χ3v) is 21.4. The normalized spacial score (nSPS) is 19.3.